The topological polar surface area (TPSA) is 59.1 Å². The molecule has 0 saturated carbocycles. The zero-order valence-corrected chi connectivity index (χ0v) is 11.3. The Labute approximate surface area is 115 Å². The second-order valence-electron chi connectivity index (χ2n) is 3.42. The first-order valence-electron chi connectivity index (χ1n) is 4.87. The van der Waals surface area contributed by atoms with E-state index in [9.17, 15) is 8.42 Å². The first-order valence-corrected chi connectivity index (χ1v) is 7.11. The maximum atomic E-state index is 12.1. The average molecular weight is 303 g/mol. The van der Waals surface area contributed by atoms with Gasteiger partial charge >= 0.3 is 0 Å². The van der Waals surface area contributed by atoms with E-state index in [4.69, 9.17) is 23.2 Å². The van der Waals surface area contributed by atoms with Crippen molar-refractivity contribution < 1.29 is 8.42 Å². The molecule has 0 radical (unpaired) electrons. The number of rotatable bonds is 3. The molecule has 2 rings (SSSR count). The summed E-state index contributed by atoms with van der Waals surface area (Å²) < 4.78 is 26.5. The molecule has 0 fully saturated rings. The molecule has 0 spiro atoms. The van der Waals surface area contributed by atoms with Crippen molar-refractivity contribution in [1.29, 1.82) is 0 Å². The fraction of sp³-hybridized carbons (Fsp3) is 0. The predicted molar refractivity (Wildman–Crippen MR) is 71.5 cm³/mol. The van der Waals surface area contributed by atoms with Crippen LogP contribution < -0.4 is 4.72 Å². The number of sulfonamides is 1. The van der Waals surface area contributed by atoms with Crippen molar-refractivity contribution in [3.63, 3.8) is 0 Å². The molecule has 0 bridgehead atoms. The quantitative estimate of drug-likeness (QED) is 0.947. The lowest BCUT2D eigenvalue weighted by Crippen LogP contribution is -2.13. The molecule has 2 aromatic rings. The summed E-state index contributed by atoms with van der Waals surface area (Å²) >= 11 is 11.6. The molecule has 0 unspecified atom stereocenters. The fourth-order valence-corrected chi connectivity index (χ4v) is 2.99. The molecular formula is C11H8Cl2N2O2S. The number of anilines is 1. The molecular weight excluding hydrogens is 295 g/mol. The molecule has 18 heavy (non-hydrogen) atoms. The van der Waals surface area contributed by atoms with Gasteiger partial charge < -0.3 is 0 Å². The third kappa shape index (κ3) is 2.93. The van der Waals surface area contributed by atoms with Crippen molar-refractivity contribution in [2.75, 3.05) is 4.72 Å². The normalized spacial score (nSPS) is 11.2. The van der Waals surface area contributed by atoms with Crippen LogP contribution in [0.25, 0.3) is 0 Å². The van der Waals surface area contributed by atoms with Crippen molar-refractivity contribution in [2.24, 2.45) is 0 Å². The molecule has 4 nitrogen and oxygen atoms in total. The highest BCUT2D eigenvalue weighted by Crippen LogP contribution is 2.23. The van der Waals surface area contributed by atoms with Gasteiger partial charge in [-0.05, 0) is 24.3 Å². The predicted octanol–water partition coefficient (Wildman–Crippen LogP) is 3.19. The van der Waals surface area contributed by atoms with Crippen molar-refractivity contribution in [1.82, 2.24) is 4.98 Å². The van der Waals surface area contributed by atoms with Gasteiger partial charge in [-0.25, -0.2) is 8.42 Å². The van der Waals surface area contributed by atoms with Crippen LogP contribution in [0.3, 0.4) is 0 Å². The molecule has 0 aliphatic carbocycles. The van der Waals surface area contributed by atoms with Crippen molar-refractivity contribution in [3.05, 3.63) is 52.8 Å². The molecule has 0 saturated heterocycles. The Balaban J connectivity index is 2.37. The van der Waals surface area contributed by atoms with Crippen LogP contribution in [0.1, 0.15) is 0 Å². The van der Waals surface area contributed by atoms with Crippen LogP contribution in [0.2, 0.25) is 10.0 Å². The number of hydrogen-bond acceptors (Lipinski definition) is 3. The fourth-order valence-electron chi connectivity index (χ4n) is 1.32. The zero-order valence-electron chi connectivity index (χ0n) is 8.97. The zero-order chi connectivity index (χ0) is 13.2. The van der Waals surface area contributed by atoms with Crippen LogP contribution >= 0.6 is 23.2 Å². The van der Waals surface area contributed by atoms with E-state index >= 15 is 0 Å². The highest BCUT2D eigenvalue weighted by Gasteiger charge is 2.18. The third-order valence-corrected chi connectivity index (χ3v) is 4.19. The lowest BCUT2D eigenvalue weighted by Gasteiger charge is -2.08. The van der Waals surface area contributed by atoms with Crippen molar-refractivity contribution in [2.45, 2.75) is 4.90 Å². The Bertz CT molecular complexity index is 674. The van der Waals surface area contributed by atoms with Gasteiger partial charge in [-0.2, -0.15) is 0 Å². The highest BCUT2D eigenvalue weighted by molar-refractivity contribution is 7.92. The van der Waals surface area contributed by atoms with Crippen LogP contribution in [-0.4, -0.2) is 13.4 Å². The third-order valence-electron chi connectivity index (χ3n) is 2.10. The summed E-state index contributed by atoms with van der Waals surface area (Å²) in [5, 5.41) is 0.548. The van der Waals surface area contributed by atoms with Gasteiger partial charge in [0.15, 0.2) is 0 Å². The number of aromatic nitrogens is 1. The number of benzene rings is 1. The van der Waals surface area contributed by atoms with Gasteiger partial charge in [0.25, 0.3) is 10.0 Å². The standard InChI is InChI=1S/C11H8Cl2N2O2S/c12-8-2-1-3-9(6-8)15-18(16,17)11-7-14-5-4-10(11)13/h1-7,15H. The SMILES string of the molecule is O=S(=O)(Nc1cccc(Cl)c1)c1cnccc1Cl. The van der Waals surface area contributed by atoms with Crippen LogP contribution in [0, 0.1) is 0 Å². The van der Waals surface area contributed by atoms with E-state index in [1.165, 1.54) is 24.5 Å². The molecule has 7 heteroatoms. The number of pyridine rings is 1. The van der Waals surface area contributed by atoms with E-state index in [1.807, 2.05) is 0 Å². The minimum Gasteiger partial charge on any atom is -0.279 e. The van der Waals surface area contributed by atoms with Crippen LogP contribution in [0.5, 0.6) is 0 Å². The van der Waals surface area contributed by atoms with Crippen LogP contribution in [0.4, 0.5) is 5.69 Å². The van der Waals surface area contributed by atoms with Gasteiger partial charge in [-0.3, -0.25) is 9.71 Å². The summed E-state index contributed by atoms with van der Waals surface area (Å²) in [6, 6.07) is 7.80. The Morgan fingerprint density at radius 1 is 1.17 bits per heavy atom. The summed E-state index contributed by atoms with van der Waals surface area (Å²) in [5.74, 6) is 0. The summed E-state index contributed by atoms with van der Waals surface area (Å²) in [6.07, 6.45) is 2.61. The molecule has 94 valence electrons. The van der Waals surface area contributed by atoms with Gasteiger partial charge in [0.05, 0.1) is 10.7 Å². The average Bonchev–Trinajstić information content (AvgIpc) is 2.28. The molecule has 1 aromatic carbocycles. The van der Waals surface area contributed by atoms with E-state index in [0.717, 1.165) is 0 Å². The maximum Gasteiger partial charge on any atom is 0.264 e. The number of nitrogens with zero attached hydrogens (tertiary/aromatic N) is 1. The Hall–Kier alpha value is -1.30. The number of hydrogen-bond donors (Lipinski definition) is 1. The molecule has 0 amide bonds. The van der Waals surface area contributed by atoms with Gasteiger partial charge in [-0.15, -0.1) is 0 Å². The number of halogens is 2. The van der Waals surface area contributed by atoms with Crippen molar-refractivity contribution >= 4 is 38.9 Å². The van der Waals surface area contributed by atoms with Gasteiger partial charge in [-0.1, -0.05) is 29.3 Å². The molecule has 1 N–H and O–H groups in total. The summed E-state index contributed by atoms with van der Waals surface area (Å²) in [5.41, 5.74) is 0.363. The van der Waals surface area contributed by atoms with Gasteiger partial charge in [0.1, 0.15) is 4.90 Å². The highest BCUT2D eigenvalue weighted by atomic mass is 35.5. The minimum atomic E-state index is -3.76. The molecule has 1 aromatic heterocycles. The van der Waals surface area contributed by atoms with Gasteiger partial charge in [0, 0.05) is 17.4 Å². The van der Waals surface area contributed by atoms with E-state index in [0.29, 0.717) is 10.7 Å². The first-order chi connectivity index (χ1) is 8.49. The lowest BCUT2D eigenvalue weighted by atomic mass is 10.3. The van der Waals surface area contributed by atoms with E-state index < -0.39 is 10.0 Å². The van der Waals surface area contributed by atoms with E-state index in [2.05, 4.69) is 9.71 Å². The summed E-state index contributed by atoms with van der Waals surface area (Å²) in [6.45, 7) is 0. The summed E-state index contributed by atoms with van der Waals surface area (Å²) in [7, 11) is -3.76. The second-order valence-corrected chi connectivity index (χ2v) is 5.92. The van der Waals surface area contributed by atoms with Gasteiger partial charge in [0.2, 0.25) is 0 Å². The van der Waals surface area contributed by atoms with Crippen molar-refractivity contribution in [3.8, 4) is 0 Å². The Morgan fingerprint density at radius 2 is 1.94 bits per heavy atom. The molecule has 0 atom stereocenters. The number of nitrogens with one attached hydrogen (secondary N) is 1. The Morgan fingerprint density at radius 3 is 2.61 bits per heavy atom. The Kier molecular flexibility index (Phi) is 3.75. The van der Waals surface area contributed by atoms with Crippen LogP contribution in [-0.2, 0) is 10.0 Å². The maximum absolute atomic E-state index is 12.1. The largest absolute Gasteiger partial charge is 0.279 e. The summed E-state index contributed by atoms with van der Waals surface area (Å²) in [4.78, 5) is 3.66. The van der Waals surface area contributed by atoms with E-state index in [-0.39, 0.29) is 9.92 Å². The lowest BCUT2D eigenvalue weighted by molar-refractivity contribution is 0.601. The molecule has 0 aliphatic rings. The molecule has 1 heterocycles. The minimum absolute atomic E-state index is 0.0772. The monoisotopic (exact) mass is 302 g/mol. The second kappa shape index (κ2) is 5.14. The smallest absolute Gasteiger partial charge is 0.264 e. The van der Waals surface area contributed by atoms with Crippen LogP contribution in [0.15, 0.2) is 47.6 Å². The first kappa shape index (κ1) is 13.1. The molecule has 0 aliphatic heterocycles. The van der Waals surface area contributed by atoms with E-state index in [1.54, 1.807) is 18.2 Å².